The molecule has 42 heavy (non-hydrogen) atoms. The number of benzene rings is 2. The van der Waals surface area contributed by atoms with E-state index in [-0.39, 0.29) is 17.1 Å². The van der Waals surface area contributed by atoms with E-state index in [1.165, 1.54) is 34.1 Å². The van der Waals surface area contributed by atoms with Crippen LogP contribution in [0.1, 0.15) is 28.6 Å². The lowest BCUT2D eigenvalue weighted by molar-refractivity contribution is -0.135. The highest BCUT2D eigenvalue weighted by Crippen LogP contribution is 2.34. The Kier molecular flexibility index (Phi) is 7.08. The van der Waals surface area contributed by atoms with Crippen molar-refractivity contribution >= 4 is 35.2 Å². The molecule has 1 atom stereocenters. The van der Waals surface area contributed by atoms with E-state index in [1.807, 2.05) is 19.2 Å². The summed E-state index contributed by atoms with van der Waals surface area (Å²) in [6.07, 6.45) is 7.73. The maximum atomic E-state index is 15.1. The highest BCUT2D eigenvalue weighted by atomic mass is 35.5. The van der Waals surface area contributed by atoms with Crippen molar-refractivity contribution in [3.63, 3.8) is 0 Å². The fraction of sp³-hybridized carbons (Fsp3) is 0.179. The fourth-order valence-electron chi connectivity index (χ4n) is 5.18. The van der Waals surface area contributed by atoms with Crippen molar-refractivity contribution in [3.05, 3.63) is 94.5 Å². The van der Waals surface area contributed by atoms with Crippen molar-refractivity contribution in [2.75, 3.05) is 11.9 Å². The lowest BCUT2D eigenvalue weighted by Crippen LogP contribution is -2.45. The van der Waals surface area contributed by atoms with Gasteiger partial charge in [-0.1, -0.05) is 11.6 Å². The van der Waals surface area contributed by atoms with Crippen LogP contribution in [0.3, 0.4) is 0 Å². The topological polar surface area (TPSA) is 140 Å². The largest absolute Gasteiger partial charge is 0.345 e. The molecule has 1 aliphatic heterocycles. The molecule has 0 spiro atoms. The van der Waals surface area contributed by atoms with Crippen LogP contribution in [-0.4, -0.2) is 63.2 Å². The zero-order valence-electron chi connectivity index (χ0n) is 22.5. The van der Waals surface area contributed by atoms with Crippen LogP contribution in [0, 0.1) is 12.7 Å². The molecule has 0 aliphatic carbocycles. The van der Waals surface area contributed by atoms with Gasteiger partial charge in [-0.3, -0.25) is 14.3 Å². The van der Waals surface area contributed by atoms with Crippen LogP contribution in [0.4, 0.5) is 10.1 Å². The van der Waals surface area contributed by atoms with E-state index < -0.39 is 23.7 Å². The van der Waals surface area contributed by atoms with Crippen LogP contribution in [0.5, 0.6) is 0 Å². The van der Waals surface area contributed by atoms with Crippen molar-refractivity contribution < 1.29 is 14.0 Å². The van der Waals surface area contributed by atoms with Crippen molar-refractivity contribution in [1.82, 2.24) is 44.9 Å². The molecule has 6 rings (SSSR count). The maximum absolute atomic E-state index is 15.1. The number of nitrogens with zero attached hydrogens (tertiary/aromatic N) is 8. The first kappa shape index (κ1) is 27.0. The molecule has 0 fully saturated rings. The number of aromatic amines is 1. The lowest BCUT2D eigenvalue weighted by atomic mass is 9.95. The van der Waals surface area contributed by atoms with E-state index >= 15 is 4.39 Å². The second-order valence-electron chi connectivity index (χ2n) is 9.64. The van der Waals surface area contributed by atoms with Gasteiger partial charge in [0.25, 0.3) is 5.91 Å². The van der Waals surface area contributed by atoms with Gasteiger partial charge in [-0.05, 0) is 59.8 Å². The molecule has 3 aromatic heterocycles. The third-order valence-corrected chi connectivity index (χ3v) is 7.41. The number of aryl methyl sites for hydroxylation is 2. The standard InChI is InChI=1S/C28H24ClFN10O2/c1-16-24-22(38(2)35-16)11-14-39(26(24)28(42)34-18-5-3-17(4-6-18)27-31-12-13-32-27)23(41)10-7-19-21(40-15-33-36-37-40)9-8-20(29)25(19)30/h3-10,12-13,15,26H,11,14H2,1-2H3,(H,31,32)(H,34,42). The summed E-state index contributed by atoms with van der Waals surface area (Å²) in [5.41, 5.74) is 3.91. The van der Waals surface area contributed by atoms with Gasteiger partial charge in [-0.2, -0.15) is 9.78 Å². The number of hydrogen-bond acceptors (Lipinski definition) is 7. The third kappa shape index (κ3) is 4.94. The molecule has 0 saturated heterocycles. The van der Waals surface area contributed by atoms with Crippen LogP contribution >= 0.6 is 11.6 Å². The van der Waals surface area contributed by atoms with Crippen molar-refractivity contribution in [3.8, 4) is 17.1 Å². The number of tetrazole rings is 1. The smallest absolute Gasteiger partial charge is 0.251 e. The van der Waals surface area contributed by atoms with Crippen LogP contribution in [0.2, 0.25) is 5.02 Å². The Bertz CT molecular complexity index is 1800. The number of nitrogens with one attached hydrogen (secondary N) is 2. The molecule has 2 amide bonds. The van der Waals surface area contributed by atoms with Gasteiger partial charge < -0.3 is 15.2 Å². The summed E-state index contributed by atoms with van der Waals surface area (Å²) in [4.78, 5) is 36.2. The Hall–Kier alpha value is -5.17. The fourth-order valence-corrected chi connectivity index (χ4v) is 5.34. The third-order valence-electron chi connectivity index (χ3n) is 7.12. The highest BCUT2D eigenvalue weighted by molar-refractivity contribution is 6.31. The highest BCUT2D eigenvalue weighted by Gasteiger charge is 2.39. The minimum atomic E-state index is -0.965. The number of carbonyl (C=O) groups excluding carboxylic acids is 2. The summed E-state index contributed by atoms with van der Waals surface area (Å²) in [5.74, 6) is -0.911. The van der Waals surface area contributed by atoms with Crippen LogP contribution in [0.15, 0.2) is 61.2 Å². The zero-order valence-corrected chi connectivity index (χ0v) is 23.2. The number of hydrogen-bond donors (Lipinski definition) is 2. The van der Waals surface area contributed by atoms with Gasteiger partial charge in [0, 0.05) is 66.6 Å². The predicted molar refractivity (Wildman–Crippen MR) is 152 cm³/mol. The molecule has 1 unspecified atom stereocenters. The first-order chi connectivity index (χ1) is 20.3. The monoisotopic (exact) mass is 586 g/mol. The molecule has 5 aromatic rings. The summed E-state index contributed by atoms with van der Waals surface area (Å²) in [6, 6.07) is 9.17. The van der Waals surface area contributed by atoms with Gasteiger partial charge in [0.05, 0.1) is 16.4 Å². The van der Waals surface area contributed by atoms with Gasteiger partial charge in [0.1, 0.15) is 18.2 Å². The number of rotatable bonds is 6. The summed E-state index contributed by atoms with van der Waals surface area (Å²) < 4.78 is 18.1. The Morgan fingerprint density at radius 1 is 1.19 bits per heavy atom. The SMILES string of the molecule is Cc1nn(C)c2c1C(C(=O)Nc1ccc(-c3ncc[nH]3)cc1)N(C(=O)C=Cc1c(-n3cnnn3)ccc(Cl)c1F)CC2. The lowest BCUT2D eigenvalue weighted by Gasteiger charge is -2.34. The first-order valence-electron chi connectivity index (χ1n) is 12.9. The average Bonchev–Trinajstić information content (AvgIpc) is 3.77. The first-order valence-corrected chi connectivity index (χ1v) is 13.3. The number of anilines is 1. The predicted octanol–water partition coefficient (Wildman–Crippen LogP) is 3.66. The Balaban J connectivity index is 1.31. The van der Waals surface area contributed by atoms with Crippen LogP contribution in [-0.2, 0) is 23.1 Å². The molecule has 14 heteroatoms. The molecule has 2 aromatic carbocycles. The Labute approximate surface area is 243 Å². The van der Waals surface area contributed by atoms with Gasteiger partial charge in [-0.25, -0.2) is 9.37 Å². The number of amides is 2. The normalized spacial score (nSPS) is 14.8. The molecule has 12 nitrogen and oxygen atoms in total. The van der Waals surface area contributed by atoms with Crippen molar-refractivity contribution in [2.24, 2.45) is 7.05 Å². The summed E-state index contributed by atoms with van der Waals surface area (Å²) >= 11 is 6.04. The quantitative estimate of drug-likeness (QED) is 0.289. The molecule has 4 heterocycles. The molecule has 0 bridgehead atoms. The van der Waals surface area contributed by atoms with E-state index in [2.05, 4.69) is 35.9 Å². The van der Waals surface area contributed by atoms with E-state index in [0.717, 1.165) is 11.3 Å². The molecule has 2 N–H and O–H groups in total. The molecular weight excluding hydrogens is 563 g/mol. The van der Waals surface area contributed by atoms with E-state index in [4.69, 9.17) is 11.6 Å². The summed E-state index contributed by atoms with van der Waals surface area (Å²) in [6.45, 7) is 2.06. The molecule has 0 radical (unpaired) electrons. The number of H-pyrrole nitrogens is 1. The Morgan fingerprint density at radius 2 is 2.00 bits per heavy atom. The van der Waals surface area contributed by atoms with Crippen LogP contribution < -0.4 is 5.32 Å². The minimum absolute atomic E-state index is 0.0241. The second kappa shape index (κ2) is 11.0. The van der Waals surface area contributed by atoms with Crippen molar-refractivity contribution in [1.29, 1.82) is 0 Å². The maximum Gasteiger partial charge on any atom is 0.251 e. The molecule has 0 saturated carbocycles. The molecule has 1 aliphatic rings. The van der Waals surface area contributed by atoms with E-state index in [9.17, 15) is 9.59 Å². The average molecular weight is 587 g/mol. The second-order valence-corrected chi connectivity index (χ2v) is 10.0. The number of imidazole rings is 1. The van der Waals surface area contributed by atoms with Crippen molar-refractivity contribution in [2.45, 2.75) is 19.4 Å². The summed E-state index contributed by atoms with van der Waals surface area (Å²) in [5, 5.41) is 18.3. The van der Waals surface area contributed by atoms with E-state index in [1.54, 1.807) is 42.2 Å². The Morgan fingerprint density at radius 3 is 2.71 bits per heavy atom. The summed E-state index contributed by atoms with van der Waals surface area (Å²) in [7, 11) is 1.81. The van der Waals surface area contributed by atoms with Gasteiger partial charge in [0.2, 0.25) is 5.91 Å². The van der Waals surface area contributed by atoms with Gasteiger partial charge in [-0.15, -0.1) is 5.10 Å². The minimum Gasteiger partial charge on any atom is -0.345 e. The van der Waals surface area contributed by atoms with Gasteiger partial charge in [0.15, 0.2) is 5.82 Å². The zero-order chi connectivity index (χ0) is 29.4. The number of fused-ring (bicyclic) bond motifs is 1. The molecular formula is C28H24ClFN10O2. The van der Waals surface area contributed by atoms with Crippen LogP contribution in [0.25, 0.3) is 23.2 Å². The number of aromatic nitrogens is 8. The number of halogens is 2. The van der Waals surface area contributed by atoms with Gasteiger partial charge >= 0.3 is 0 Å². The molecule has 212 valence electrons. The number of carbonyl (C=O) groups is 2. The van der Waals surface area contributed by atoms with E-state index in [0.29, 0.717) is 34.9 Å².